The van der Waals surface area contributed by atoms with E-state index in [4.69, 9.17) is 24.1 Å². The van der Waals surface area contributed by atoms with Crippen molar-refractivity contribution >= 4 is 28.7 Å². The number of fused-ring (bicyclic) bond motifs is 1. The molecular formula is C42H41N5O9. The molecule has 3 heterocycles. The number of hydrogen-bond acceptors (Lipinski definition) is 11. The Hall–Kier alpha value is -6.19. The number of aryl methyl sites for hydroxylation is 1. The lowest BCUT2D eigenvalue weighted by Crippen LogP contribution is -2.38. The van der Waals surface area contributed by atoms with Crippen LogP contribution in [0.3, 0.4) is 0 Å². The van der Waals surface area contributed by atoms with Gasteiger partial charge in [-0.15, -0.1) is 0 Å². The van der Waals surface area contributed by atoms with Crippen LogP contribution in [0.15, 0.2) is 114 Å². The highest BCUT2D eigenvalue weighted by molar-refractivity contribution is 6.06. The van der Waals surface area contributed by atoms with Crippen molar-refractivity contribution in [1.82, 2.24) is 19.5 Å². The lowest BCUT2D eigenvalue weighted by atomic mass is 9.80. The number of nitrogens with zero attached hydrogens (tertiary/aromatic N) is 3. The number of rotatable bonds is 15. The second kappa shape index (κ2) is 16.7. The number of hydrogen-bond donors (Lipinski definition) is 4. The van der Waals surface area contributed by atoms with Crippen LogP contribution in [0.5, 0.6) is 11.5 Å². The zero-order valence-electron chi connectivity index (χ0n) is 30.8. The van der Waals surface area contributed by atoms with E-state index in [0.29, 0.717) is 23.5 Å². The van der Waals surface area contributed by atoms with Gasteiger partial charge < -0.3 is 34.5 Å². The summed E-state index contributed by atoms with van der Waals surface area (Å²) in [6.07, 6.45) is -0.284. The molecule has 4 N–H and O–H groups in total. The first-order valence-electron chi connectivity index (χ1n) is 18.0. The fraction of sp³-hybridized carbons (Fsp3) is 0.262. The number of nitrogens with one attached hydrogen (secondary N) is 2. The predicted molar refractivity (Wildman–Crippen MR) is 206 cm³/mol. The van der Waals surface area contributed by atoms with Crippen LogP contribution in [0.1, 0.15) is 51.7 Å². The molecule has 288 valence electrons. The van der Waals surface area contributed by atoms with E-state index in [2.05, 4.69) is 20.3 Å². The number of H-pyrrole nitrogens is 1. The number of anilines is 1. The number of aromatic amines is 1. The molecule has 0 bridgehead atoms. The minimum absolute atomic E-state index is 0.0247. The molecule has 0 radical (unpaired) electrons. The third-order valence-corrected chi connectivity index (χ3v) is 9.92. The van der Waals surface area contributed by atoms with Gasteiger partial charge in [-0.25, -0.2) is 9.78 Å². The second-order valence-corrected chi connectivity index (χ2v) is 13.3. The Morgan fingerprint density at radius 3 is 2.14 bits per heavy atom. The number of ketones is 1. The molecule has 1 unspecified atom stereocenters. The van der Waals surface area contributed by atoms with Gasteiger partial charge in [-0.2, -0.15) is 4.98 Å². The maximum absolute atomic E-state index is 13.2. The Labute approximate surface area is 321 Å². The zero-order chi connectivity index (χ0) is 39.2. The molecule has 1 amide bonds. The fourth-order valence-corrected chi connectivity index (χ4v) is 6.92. The number of aliphatic hydroxyl groups excluding tert-OH is 2. The van der Waals surface area contributed by atoms with Crippen molar-refractivity contribution in [2.24, 2.45) is 0 Å². The molecule has 0 saturated carbocycles. The first-order valence-corrected chi connectivity index (χ1v) is 18.0. The largest absolute Gasteiger partial charge is 0.497 e. The van der Waals surface area contributed by atoms with Gasteiger partial charge in [-0.3, -0.25) is 19.1 Å². The van der Waals surface area contributed by atoms with Crippen molar-refractivity contribution in [3.8, 4) is 11.5 Å². The van der Waals surface area contributed by atoms with Crippen LogP contribution in [0, 0.1) is 0 Å². The first kappa shape index (κ1) is 38.1. The Morgan fingerprint density at radius 1 is 0.911 bits per heavy atom. The summed E-state index contributed by atoms with van der Waals surface area (Å²) in [5.74, 6) is 0.653. The van der Waals surface area contributed by atoms with Crippen molar-refractivity contribution < 1.29 is 38.7 Å². The van der Waals surface area contributed by atoms with Crippen molar-refractivity contribution in [2.45, 2.75) is 43.3 Å². The minimum Gasteiger partial charge on any atom is -0.497 e. The highest BCUT2D eigenvalue weighted by Crippen LogP contribution is 2.43. The number of aromatic nitrogens is 4. The van der Waals surface area contributed by atoms with E-state index < -0.39 is 42.2 Å². The summed E-state index contributed by atoms with van der Waals surface area (Å²) >= 11 is 0. The summed E-state index contributed by atoms with van der Waals surface area (Å²) < 4.78 is 25.8. The van der Waals surface area contributed by atoms with E-state index in [1.165, 1.54) is 6.33 Å². The molecule has 2 aromatic heterocycles. The van der Waals surface area contributed by atoms with Crippen LogP contribution < -0.4 is 20.5 Å². The van der Waals surface area contributed by atoms with E-state index >= 15 is 0 Å². The van der Waals surface area contributed by atoms with Crippen molar-refractivity contribution in [2.75, 3.05) is 32.8 Å². The van der Waals surface area contributed by atoms with Crippen LogP contribution in [0.2, 0.25) is 0 Å². The van der Waals surface area contributed by atoms with E-state index in [1.807, 2.05) is 78.9 Å². The van der Waals surface area contributed by atoms with Gasteiger partial charge in [0, 0.05) is 18.4 Å². The lowest BCUT2D eigenvalue weighted by molar-refractivity contribution is -0.121. The maximum Gasteiger partial charge on any atom is 0.348 e. The molecule has 6 aromatic rings. The van der Waals surface area contributed by atoms with Gasteiger partial charge >= 0.3 is 5.69 Å². The standard InChI is InChI=1S/C42H41N5O9/c1-53-32-18-13-29(14-19-32)42(28-6-4-3-5-7-28,30-15-20-33(54-2)21-16-30)55-24-35-34(50)22-36(56-35)47-25-43-37-38(45-41(52)46-39(37)47)44-40(51)27-11-8-26(9-12-27)10-17-31(49)23-48/h3-9,11-16,18-21,25,34-36,48,50H,10,17,22-24H2,1-2H3,(H2,44,45,46,51,52)/t34?,35-,36-/m1/s1. The molecule has 1 saturated heterocycles. The monoisotopic (exact) mass is 759 g/mol. The third-order valence-electron chi connectivity index (χ3n) is 9.92. The van der Waals surface area contributed by atoms with Gasteiger partial charge in [0.05, 0.1) is 33.3 Å². The number of amides is 1. The average molecular weight is 760 g/mol. The molecule has 4 aromatic carbocycles. The Balaban J connectivity index is 1.13. The average Bonchev–Trinajstić information content (AvgIpc) is 3.83. The Bertz CT molecular complexity index is 2300. The number of benzene rings is 4. The van der Waals surface area contributed by atoms with Crippen LogP contribution in [0.4, 0.5) is 5.82 Å². The zero-order valence-corrected chi connectivity index (χ0v) is 30.8. The van der Waals surface area contributed by atoms with Crippen LogP contribution >= 0.6 is 0 Å². The topological polar surface area (TPSA) is 187 Å². The van der Waals surface area contributed by atoms with Crippen molar-refractivity contribution in [3.63, 3.8) is 0 Å². The molecule has 1 aliphatic heterocycles. The van der Waals surface area contributed by atoms with Gasteiger partial charge in [0.1, 0.15) is 47.4 Å². The number of ether oxygens (including phenoxy) is 4. The van der Waals surface area contributed by atoms with Gasteiger partial charge in [0.25, 0.3) is 5.91 Å². The molecule has 3 atom stereocenters. The van der Waals surface area contributed by atoms with Crippen LogP contribution in [0.25, 0.3) is 11.2 Å². The number of carbonyl (C=O) groups is 2. The third kappa shape index (κ3) is 7.81. The molecule has 14 heteroatoms. The number of carbonyl (C=O) groups excluding carboxylic acids is 2. The quantitative estimate of drug-likeness (QED) is 0.108. The van der Waals surface area contributed by atoms with Gasteiger partial charge in [0.15, 0.2) is 11.4 Å². The molecule has 0 aliphatic carbocycles. The van der Waals surface area contributed by atoms with Gasteiger partial charge in [-0.1, -0.05) is 66.7 Å². The summed E-state index contributed by atoms with van der Waals surface area (Å²) in [5, 5.41) is 23.1. The second-order valence-electron chi connectivity index (χ2n) is 13.3. The fourth-order valence-electron chi connectivity index (χ4n) is 6.92. The van der Waals surface area contributed by atoms with E-state index in [0.717, 1.165) is 22.3 Å². The number of aliphatic hydroxyl groups is 2. The van der Waals surface area contributed by atoms with Crippen molar-refractivity contribution in [3.05, 3.63) is 148 Å². The van der Waals surface area contributed by atoms with Gasteiger partial charge in [-0.05, 0) is 65.1 Å². The minimum atomic E-state index is -1.14. The normalized spacial score (nSPS) is 16.8. The summed E-state index contributed by atoms with van der Waals surface area (Å²) in [6, 6.07) is 31.7. The molecule has 0 spiro atoms. The maximum atomic E-state index is 13.2. The van der Waals surface area contributed by atoms with Crippen LogP contribution in [-0.2, 0) is 26.3 Å². The van der Waals surface area contributed by atoms with E-state index in [-0.39, 0.29) is 42.2 Å². The molecule has 1 aliphatic rings. The summed E-state index contributed by atoms with van der Waals surface area (Å²) in [7, 11) is 3.21. The SMILES string of the molecule is COc1ccc(C(OC[C@H]2O[C@@H](n3cnc4c(NC(=O)c5ccc(CCC(=O)CO)cc5)[nH]c(=O)nc43)CC2O)(c2ccccc2)c2ccc(OC)cc2)cc1. The molecule has 1 fully saturated rings. The first-order chi connectivity index (χ1) is 27.2. The number of Topliss-reactive ketones (excluding diaryl/α,β-unsaturated/α-hetero) is 1. The number of imidazole rings is 1. The van der Waals surface area contributed by atoms with Gasteiger partial charge in [0.2, 0.25) is 0 Å². The van der Waals surface area contributed by atoms with Crippen LogP contribution in [-0.4, -0.2) is 81.1 Å². The molecular weight excluding hydrogens is 718 g/mol. The number of methoxy groups -OCH3 is 2. The van der Waals surface area contributed by atoms with E-state index in [9.17, 15) is 19.5 Å². The van der Waals surface area contributed by atoms with Crippen molar-refractivity contribution in [1.29, 1.82) is 0 Å². The lowest BCUT2D eigenvalue weighted by Gasteiger charge is -2.37. The Kier molecular flexibility index (Phi) is 11.3. The smallest absolute Gasteiger partial charge is 0.348 e. The molecule has 56 heavy (non-hydrogen) atoms. The molecule has 7 rings (SSSR count). The highest BCUT2D eigenvalue weighted by atomic mass is 16.6. The summed E-state index contributed by atoms with van der Waals surface area (Å²) in [5.41, 5.74) is 2.16. The Morgan fingerprint density at radius 2 is 1.54 bits per heavy atom. The summed E-state index contributed by atoms with van der Waals surface area (Å²) in [4.78, 5) is 48.6. The molecule has 14 nitrogen and oxygen atoms in total. The summed E-state index contributed by atoms with van der Waals surface area (Å²) in [6.45, 7) is -0.535. The van der Waals surface area contributed by atoms with E-state index in [1.54, 1.807) is 43.1 Å². The highest BCUT2D eigenvalue weighted by Gasteiger charge is 2.42. The predicted octanol–water partition coefficient (Wildman–Crippen LogP) is 4.54.